The second-order valence-corrected chi connectivity index (χ2v) is 6.44. The maximum absolute atomic E-state index is 12.4. The van der Waals surface area contributed by atoms with E-state index in [0.29, 0.717) is 17.1 Å². The average molecular weight is 289 g/mol. The van der Waals surface area contributed by atoms with Crippen LogP contribution in [0.25, 0.3) is 0 Å². The molecule has 1 N–H and O–H groups in total. The van der Waals surface area contributed by atoms with Gasteiger partial charge in [-0.15, -0.1) is 0 Å². The molecule has 1 aliphatic rings. The highest BCUT2D eigenvalue weighted by Gasteiger charge is 2.30. The van der Waals surface area contributed by atoms with Gasteiger partial charge in [0.05, 0.1) is 11.4 Å². The van der Waals surface area contributed by atoms with Crippen molar-refractivity contribution in [3.05, 3.63) is 28.8 Å². The molecule has 2 rings (SSSR count). The van der Waals surface area contributed by atoms with E-state index in [4.69, 9.17) is 11.6 Å². The molecule has 0 spiro atoms. The Bertz CT molecular complexity index is 586. The summed E-state index contributed by atoms with van der Waals surface area (Å²) in [5, 5.41) is 2.95. The number of hydrogen-bond acceptors (Lipinski definition) is 3. The summed E-state index contributed by atoms with van der Waals surface area (Å²) >= 11 is 5.83. The zero-order chi connectivity index (χ0) is 13.3. The van der Waals surface area contributed by atoms with E-state index < -0.39 is 10.0 Å². The Morgan fingerprint density at radius 2 is 2.11 bits per heavy atom. The Kier molecular flexibility index (Phi) is 3.61. The van der Waals surface area contributed by atoms with Gasteiger partial charge >= 0.3 is 0 Å². The lowest BCUT2D eigenvalue weighted by Gasteiger charge is -2.26. The zero-order valence-electron chi connectivity index (χ0n) is 9.81. The molecule has 1 aliphatic heterocycles. The summed E-state index contributed by atoms with van der Waals surface area (Å²) in [4.78, 5) is 11.4. The summed E-state index contributed by atoms with van der Waals surface area (Å²) in [6.07, 6.45) is 0. The van der Waals surface area contributed by atoms with Gasteiger partial charge in [-0.1, -0.05) is 17.7 Å². The predicted octanol–water partition coefficient (Wildman–Crippen LogP) is 0.769. The highest BCUT2D eigenvalue weighted by Crippen LogP contribution is 2.23. The minimum absolute atomic E-state index is 0.145. The Morgan fingerprint density at radius 3 is 2.78 bits per heavy atom. The van der Waals surface area contributed by atoms with E-state index in [2.05, 4.69) is 5.32 Å². The third-order valence-corrected chi connectivity index (χ3v) is 4.99. The number of rotatable bonds is 2. The molecule has 0 saturated carbocycles. The predicted molar refractivity (Wildman–Crippen MR) is 68.0 cm³/mol. The molecule has 1 amide bonds. The molecule has 18 heavy (non-hydrogen) atoms. The van der Waals surface area contributed by atoms with E-state index in [1.807, 2.05) is 0 Å². The van der Waals surface area contributed by atoms with Gasteiger partial charge in [0, 0.05) is 18.1 Å². The van der Waals surface area contributed by atoms with Crippen LogP contribution in [0.2, 0.25) is 5.02 Å². The molecule has 98 valence electrons. The van der Waals surface area contributed by atoms with Crippen LogP contribution in [0.5, 0.6) is 0 Å². The zero-order valence-corrected chi connectivity index (χ0v) is 11.4. The summed E-state index contributed by atoms with van der Waals surface area (Å²) in [7, 11) is -3.66. The topological polar surface area (TPSA) is 66.5 Å². The smallest absolute Gasteiger partial charge is 0.243 e. The fourth-order valence-electron chi connectivity index (χ4n) is 1.81. The first kappa shape index (κ1) is 13.3. The Balaban J connectivity index is 2.41. The number of carbonyl (C=O) groups excluding carboxylic acids is 1. The molecule has 1 heterocycles. The first-order chi connectivity index (χ1) is 8.41. The molecule has 0 unspecified atom stereocenters. The van der Waals surface area contributed by atoms with E-state index in [9.17, 15) is 13.2 Å². The van der Waals surface area contributed by atoms with E-state index in [1.165, 1.54) is 10.4 Å². The minimum atomic E-state index is -3.66. The summed E-state index contributed by atoms with van der Waals surface area (Å²) in [5.41, 5.74) is 0.616. The number of halogens is 1. The molecule has 1 aromatic rings. The van der Waals surface area contributed by atoms with Crippen molar-refractivity contribution in [1.82, 2.24) is 9.62 Å². The van der Waals surface area contributed by atoms with Gasteiger partial charge in [0.2, 0.25) is 15.9 Å². The summed E-state index contributed by atoms with van der Waals surface area (Å²) in [6, 6.07) is 4.71. The molecule has 1 fully saturated rings. The average Bonchev–Trinajstić information content (AvgIpc) is 2.32. The molecule has 7 heteroatoms. The van der Waals surface area contributed by atoms with Crippen LogP contribution in [0, 0.1) is 6.92 Å². The molecule has 1 saturated heterocycles. The normalized spacial score (nSPS) is 17.6. The second-order valence-electron chi connectivity index (χ2n) is 4.10. The molecule has 0 aliphatic carbocycles. The Labute approximate surface area is 111 Å². The SMILES string of the molecule is Cc1ccc(Cl)cc1S(=O)(=O)N1CCNC(=O)C1. The van der Waals surface area contributed by atoms with Crippen molar-refractivity contribution in [2.45, 2.75) is 11.8 Å². The van der Waals surface area contributed by atoms with E-state index in [0.717, 1.165) is 0 Å². The standard InChI is InChI=1S/C11H13ClN2O3S/c1-8-2-3-9(12)6-10(8)18(16,17)14-5-4-13-11(15)7-14/h2-3,6H,4-5,7H2,1H3,(H,13,15). The first-order valence-electron chi connectivity index (χ1n) is 5.44. The van der Waals surface area contributed by atoms with Gasteiger partial charge in [-0.2, -0.15) is 4.31 Å². The number of carbonyl (C=O) groups is 1. The van der Waals surface area contributed by atoms with E-state index >= 15 is 0 Å². The van der Waals surface area contributed by atoms with Gasteiger partial charge in [0.25, 0.3) is 0 Å². The van der Waals surface area contributed by atoms with Gasteiger partial charge in [0.15, 0.2) is 0 Å². The maximum atomic E-state index is 12.4. The van der Waals surface area contributed by atoms with Crippen molar-refractivity contribution in [3.63, 3.8) is 0 Å². The Hall–Kier alpha value is -1.11. The minimum Gasteiger partial charge on any atom is -0.354 e. The van der Waals surface area contributed by atoms with Gasteiger partial charge in [-0.3, -0.25) is 4.79 Å². The number of piperazine rings is 1. The van der Waals surface area contributed by atoms with Crippen molar-refractivity contribution in [3.8, 4) is 0 Å². The van der Waals surface area contributed by atoms with Gasteiger partial charge < -0.3 is 5.32 Å². The molecule has 0 aromatic heterocycles. The number of nitrogens with zero attached hydrogens (tertiary/aromatic N) is 1. The van der Waals surface area contributed by atoms with Crippen molar-refractivity contribution in [2.24, 2.45) is 0 Å². The fourth-order valence-corrected chi connectivity index (χ4v) is 3.70. The maximum Gasteiger partial charge on any atom is 0.243 e. The molecule has 1 aromatic carbocycles. The van der Waals surface area contributed by atoms with Crippen LogP contribution in [-0.2, 0) is 14.8 Å². The van der Waals surface area contributed by atoms with E-state index in [1.54, 1.807) is 19.1 Å². The number of aryl methyl sites for hydroxylation is 1. The summed E-state index contributed by atoms with van der Waals surface area (Å²) in [5.74, 6) is -0.287. The number of amides is 1. The highest BCUT2D eigenvalue weighted by molar-refractivity contribution is 7.89. The monoisotopic (exact) mass is 288 g/mol. The van der Waals surface area contributed by atoms with Crippen LogP contribution in [-0.4, -0.2) is 38.3 Å². The van der Waals surface area contributed by atoms with Crippen molar-refractivity contribution >= 4 is 27.5 Å². The van der Waals surface area contributed by atoms with Crippen LogP contribution >= 0.6 is 11.6 Å². The molecule has 0 atom stereocenters. The summed E-state index contributed by atoms with van der Waals surface area (Å²) < 4.78 is 26.0. The van der Waals surface area contributed by atoms with Gasteiger partial charge in [-0.05, 0) is 24.6 Å². The van der Waals surface area contributed by atoms with E-state index in [-0.39, 0.29) is 23.9 Å². The largest absolute Gasteiger partial charge is 0.354 e. The van der Waals surface area contributed by atoms with Gasteiger partial charge in [0.1, 0.15) is 0 Å². The van der Waals surface area contributed by atoms with Crippen LogP contribution < -0.4 is 5.32 Å². The molecule has 0 radical (unpaired) electrons. The van der Waals surface area contributed by atoms with Crippen molar-refractivity contribution in [2.75, 3.05) is 19.6 Å². The lowest BCUT2D eigenvalue weighted by atomic mass is 10.2. The lowest BCUT2D eigenvalue weighted by Crippen LogP contribution is -2.49. The number of sulfonamides is 1. The second kappa shape index (κ2) is 4.87. The van der Waals surface area contributed by atoms with Crippen molar-refractivity contribution in [1.29, 1.82) is 0 Å². The third-order valence-electron chi connectivity index (χ3n) is 2.77. The third kappa shape index (κ3) is 2.50. The fraction of sp³-hybridized carbons (Fsp3) is 0.364. The molecular formula is C11H13ClN2O3S. The van der Waals surface area contributed by atoms with Crippen LogP contribution in [0.15, 0.2) is 23.1 Å². The Morgan fingerprint density at radius 1 is 1.39 bits per heavy atom. The molecule has 5 nitrogen and oxygen atoms in total. The lowest BCUT2D eigenvalue weighted by molar-refractivity contribution is -0.122. The number of hydrogen-bond donors (Lipinski definition) is 1. The number of nitrogens with one attached hydrogen (secondary N) is 1. The quantitative estimate of drug-likeness (QED) is 0.874. The van der Waals surface area contributed by atoms with Crippen LogP contribution in [0.1, 0.15) is 5.56 Å². The molecular weight excluding hydrogens is 276 g/mol. The van der Waals surface area contributed by atoms with Gasteiger partial charge in [-0.25, -0.2) is 8.42 Å². The highest BCUT2D eigenvalue weighted by atomic mass is 35.5. The first-order valence-corrected chi connectivity index (χ1v) is 7.26. The summed E-state index contributed by atoms with van der Waals surface area (Å²) in [6.45, 7) is 2.17. The van der Waals surface area contributed by atoms with Crippen molar-refractivity contribution < 1.29 is 13.2 Å². The molecule has 0 bridgehead atoms. The number of benzene rings is 1. The van der Waals surface area contributed by atoms with Crippen LogP contribution in [0.4, 0.5) is 0 Å². The van der Waals surface area contributed by atoms with Crippen LogP contribution in [0.3, 0.4) is 0 Å².